The Labute approximate surface area is 127 Å². The van der Waals surface area contributed by atoms with Gasteiger partial charge in [0, 0.05) is 17.5 Å². The van der Waals surface area contributed by atoms with Crippen LogP contribution in [-0.4, -0.2) is 30.4 Å². The molecule has 5 nitrogen and oxygen atoms in total. The van der Waals surface area contributed by atoms with Gasteiger partial charge < -0.3 is 16.4 Å². The Hall–Kier alpha value is -1.10. The Bertz CT molecular complexity index is 389. The van der Waals surface area contributed by atoms with E-state index in [9.17, 15) is 9.59 Å². The monoisotopic (exact) mass is 295 g/mol. The molecule has 2 amide bonds. The first-order chi connectivity index (χ1) is 9.77. The number of carbonyl (C=O) groups is 2. The lowest BCUT2D eigenvalue weighted by molar-refractivity contribution is -0.131. The molecule has 0 heterocycles. The van der Waals surface area contributed by atoms with Gasteiger partial charge in [-0.2, -0.15) is 0 Å². The number of nitrogens with two attached hydrogens (primary N) is 1. The number of nitrogens with one attached hydrogen (secondary N) is 2. The van der Waals surface area contributed by atoms with Crippen LogP contribution in [0, 0.1) is 17.3 Å². The molecular weight excluding hydrogens is 266 g/mol. The maximum absolute atomic E-state index is 12.1. The van der Waals surface area contributed by atoms with Crippen molar-refractivity contribution in [1.29, 1.82) is 0 Å². The van der Waals surface area contributed by atoms with E-state index in [1.165, 1.54) is 6.42 Å². The molecule has 2 fully saturated rings. The first-order valence-electron chi connectivity index (χ1n) is 8.10. The van der Waals surface area contributed by atoms with Crippen LogP contribution < -0.4 is 16.4 Å². The Morgan fingerprint density at radius 1 is 1.14 bits per heavy atom. The molecular formula is C16H29N3O2. The summed E-state index contributed by atoms with van der Waals surface area (Å²) in [5.41, 5.74) is 5.63. The number of rotatable bonds is 3. The molecule has 2 aliphatic rings. The molecule has 0 aromatic rings. The topological polar surface area (TPSA) is 84.2 Å². The van der Waals surface area contributed by atoms with Gasteiger partial charge in [-0.05, 0) is 37.5 Å². The van der Waals surface area contributed by atoms with Crippen LogP contribution in [0.15, 0.2) is 0 Å². The van der Waals surface area contributed by atoms with E-state index in [4.69, 9.17) is 5.73 Å². The Morgan fingerprint density at radius 2 is 1.71 bits per heavy atom. The number of carbonyl (C=O) groups excluding carboxylic acids is 2. The second-order valence-electron chi connectivity index (χ2n) is 7.71. The summed E-state index contributed by atoms with van der Waals surface area (Å²) in [6, 6.07) is 0.534. The predicted octanol–water partition coefficient (Wildman–Crippen LogP) is 1.17. The molecule has 2 atom stereocenters. The van der Waals surface area contributed by atoms with E-state index < -0.39 is 5.41 Å². The van der Waals surface area contributed by atoms with Gasteiger partial charge >= 0.3 is 0 Å². The van der Waals surface area contributed by atoms with Crippen LogP contribution in [0.1, 0.15) is 52.9 Å². The summed E-state index contributed by atoms with van der Waals surface area (Å²) >= 11 is 0. The molecule has 21 heavy (non-hydrogen) atoms. The first-order valence-corrected chi connectivity index (χ1v) is 8.10. The van der Waals surface area contributed by atoms with Crippen molar-refractivity contribution in [1.82, 2.24) is 10.6 Å². The van der Waals surface area contributed by atoms with Crippen molar-refractivity contribution in [2.75, 3.05) is 6.54 Å². The predicted molar refractivity (Wildman–Crippen MR) is 82.4 cm³/mol. The van der Waals surface area contributed by atoms with E-state index >= 15 is 0 Å². The molecule has 0 aliphatic heterocycles. The van der Waals surface area contributed by atoms with Gasteiger partial charge in [0.1, 0.15) is 0 Å². The lowest BCUT2D eigenvalue weighted by Crippen LogP contribution is -2.55. The molecule has 2 rings (SSSR count). The summed E-state index contributed by atoms with van der Waals surface area (Å²) < 4.78 is 0. The summed E-state index contributed by atoms with van der Waals surface area (Å²) in [5.74, 6) is 0.845. The van der Waals surface area contributed by atoms with Gasteiger partial charge in [-0.15, -0.1) is 0 Å². The lowest BCUT2D eigenvalue weighted by atomic mass is 9.67. The van der Waals surface area contributed by atoms with Crippen LogP contribution in [-0.2, 0) is 9.59 Å². The zero-order chi connectivity index (χ0) is 15.6. The maximum atomic E-state index is 12.1. The average molecular weight is 295 g/mol. The molecule has 0 radical (unpaired) electrons. The quantitative estimate of drug-likeness (QED) is 0.731. The minimum absolute atomic E-state index is 0.0676. The third-order valence-electron chi connectivity index (χ3n) is 4.79. The number of hydrogen-bond acceptors (Lipinski definition) is 3. The summed E-state index contributed by atoms with van der Waals surface area (Å²) in [6.45, 7) is 5.59. The number of amides is 2. The highest BCUT2D eigenvalue weighted by Gasteiger charge is 2.39. The van der Waals surface area contributed by atoms with Crippen molar-refractivity contribution < 1.29 is 9.59 Å². The van der Waals surface area contributed by atoms with Crippen molar-refractivity contribution in [3.63, 3.8) is 0 Å². The summed E-state index contributed by atoms with van der Waals surface area (Å²) in [4.78, 5) is 23.9. The molecule has 2 aliphatic carbocycles. The van der Waals surface area contributed by atoms with E-state index in [-0.39, 0.29) is 30.4 Å². The van der Waals surface area contributed by atoms with Crippen LogP contribution in [0.3, 0.4) is 0 Å². The highest BCUT2D eigenvalue weighted by molar-refractivity contribution is 5.87. The smallest absolute Gasteiger partial charge is 0.239 e. The van der Waals surface area contributed by atoms with Gasteiger partial charge in [0.15, 0.2) is 0 Å². The van der Waals surface area contributed by atoms with Gasteiger partial charge in [-0.1, -0.05) is 27.2 Å². The minimum Gasteiger partial charge on any atom is -0.351 e. The van der Waals surface area contributed by atoms with Crippen molar-refractivity contribution in [3.8, 4) is 0 Å². The normalized spacial score (nSPS) is 32.4. The highest BCUT2D eigenvalue weighted by Crippen LogP contribution is 2.39. The van der Waals surface area contributed by atoms with Crippen molar-refractivity contribution in [2.45, 2.75) is 65.0 Å². The van der Waals surface area contributed by atoms with Crippen LogP contribution >= 0.6 is 0 Å². The average Bonchev–Trinajstić information content (AvgIpc) is 2.36. The van der Waals surface area contributed by atoms with Crippen LogP contribution in [0.4, 0.5) is 0 Å². The van der Waals surface area contributed by atoms with Gasteiger partial charge in [0.25, 0.3) is 0 Å². The van der Waals surface area contributed by atoms with Gasteiger partial charge in [-0.3, -0.25) is 9.59 Å². The molecule has 4 N–H and O–H groups in total. The fourth-order valence-corrected chi connectivity index (χ4v) is 3.69. The summed E-state index contributed by atoms with van der Waals surface area (Å²) in [5, 5.41) is 5.85. The van der Waals surface area contributed by atoms with E-state index in [1.54, 1.807) is 0 Å². The van der Waals surface area contributed by atoms with Gasteiger partial charge in [-0.25, -0.2) is 0 Å². The molecule has 2 saturated carbocycles. The molecule has 0 aromatic carbocycles. The number of fused-ring (bicyclic) bond motifs is 2. The fraction of sp³-hybridized carbons (Fsp3) is 0.875. The Kier molecular flexibility index (Phi) is 4.91. The van der Waals surface area contributed by atoms with E-state index in [1.807, 2.05) is 20.8 Å². The standard InChI is InChI=1S/C16H29N3O2/c1-16(2,3)15(21)18-9-13(20)19-14-10-5-4-6-11(14)8-12(17)7-10/h10-12,14H,4-9,17H2,1-3H3,(H,18,21)(H,19,20). The van der Waals surface area contributed by atoms with Gasteiger partial charge in [0.05, 0.1) is 6.54 Å². The van der Waals surface area contributed by atoms with Crippen molar-refractivity contribution in [2.24, 2.45) is 23.0 Å². The van der Waals surface area contributed by atoms with Crippen LogP contribution in [0.5, 0.6) is 0 Å². The molecule has 2 bridgehead atoms. The highest BCUT2D eigenvalue weighted by atomic mass is 16.2. The first kappa shape index (κ1) is 16.3. The third-order valence-corrected chi connectivity index (χ3v) is 4.79. The molecule has 0 spiro atoms. The SMILES string of the molecule is CC(C)(C)C(=O)NCC(=O)NC1C2CCCC1CC(N)C2. The zero-order valence-corrected chi connectivity index (χ0v) is 13.4. The van der Waals surface area contributed by atoms with E-state index in [0.29, 0.717) is 11.8 Å². The molecule has 5 heteroatoms. The van der Waals surface area contributed by atoms with Crippen molar-refractivity contribution >= 4 is 11.8 Å². The van der Waals surface area contributed by atoms with Gasteiger partial charge in [0.2, 0.25) is 11.8 Å². The largest absolute Gasteiger partial charge is 0.351 e. The summed E-state index contributed by atoms with van der Waals surface area (Å²) in [7, 11) is 0. The second kappa shape index (κ2) is 6.34. The Balaban J connectivity index is 1.84. The van der Waals surface area contributed by atoms with E-state index in [0.717, 1.165) is 25.7 Å². The molecule has 0 aromatic heterocycles. The second-order valence-corrected chi connectivity index (χ2v) is 7.71. The van der Waals surface area contributed by atoms with Crippen LogP contribution in [0.25, 0.3) is 0 Å². The minimum atomic E-state index is -0.464. The number of hydrogen-bond donors (Lipinski definition) is 3. The van der Waals surface area contributed by atoms with Crippen LogP contribution in [0.2, 0.25) is 0 Å². The molecule has 0 saturated heterocycles. The zero-order valence-electron chi connectivity index (χ0n) is 13.4. The van der Waals surface area contributed by atoms with E-state index in [2.05, 4.69) is 10.6 Å². The molecule has 120 valence electrons. The summed E-state index contributed by atoms with van der Waals surface area (Å²) in [6.07, 6.45) is 5.58. The Morgan fingerprint density at radius 3 is 2.24 bits per heavy atom. The maximum Gasteiger partial charge on any atom is 0.239 e. The fourth-order valence-electron chi connectivity index (χ4n) is 3.69. The lowest BCUT2D eigenvalue weighted by Gasteiger charge is -2.45. The van der Waals surface area contributed by atoms with Crippen molar-refractivity contribution in [3.05, 3.63) is 0 Å². The third kappa shape index (κ3) is 4.19. The molecule has 2 unspecified atom stereocenters.